The Labute approximate surface area is 126 Å². The highest BCUT2D eigenvalue weighted by Crippen LogP contribution is 2.24. The molecular weight excluding hydrogens is 290 g/mol. The van der Waals surface area contributed by atoms with Crippen LogP contribution >= 0.6 is 0 Å². The lowest BCUT2D eigenvalue weighted by Gasteiger charge is -2.14. The summed E-state index contributed by atoms with van der Waals surface area (Å²) in [5, 5.41) is 19.0. The highest BCUT2D eigenvalue weighted by atomic mass is 32.2. The highest BCUT2D eigenvalue weighted by molar-refractivity contribution is 7.89. The third kappa shape index (κ3) is 5.39. The second kappa shape index (κ2) is 7.35. The van der Waals surface area contributed by atoms with Crippen LogP contribution in [0.2, 0.25) is 0 Å². The molecule has 1 saturated carbocycles. The van der Waals surface area contributed by atoms with E-state index in [2.05, 4.69) is 4.72 Å². The van der Waals surface area contributed by atoms with Crippen LogP contribution < -0.4 is 4.72 Å². The molecule has 21 heavy (non-hydrogen) atoms. The molecule has 3 atom stereocenters. The number of rotatable bonds is 7. The Morgan fingerprint density at radius 1 is 1.19 bits per heavy atom. The largest absolute Gasteiger partial charge is 0.393 e. The first-order chi connectivity index (χ1) is 9.96. The van der Waals surface area contributed by atoms with Crippen molar-refractivity contribution in [1.82, 2.24) is 4.72 Å². The van der Waals surface area contributed by atoms with Gasteiger partial charge in [0.05, 0.1) is 18.0 Å². The third-order valence-corrected chi connectivity index (χ3v) is 5.14. The van der Waals surface area contributed by atoms with E-state index in [4.69, 9.17) is 0 Å². The van der Waals surface area contributed by atoms with Gasteiger partial charge in [-0.15, -0.1) is 0 Å². The normalized spacial score (nSPS) is 26.1. The molecule has 1 aliphatic carbocycles. The lowest BCUT2D eigenvalue weighted by molar-refractivity contribution is 0.121. The fraction of sp³-hybridized carbons (Fsp3) is 0.533. The molecule has 0 saturated heterocycles. The number of hydrogen-bond donors (Lipinski definition) is 3. The van der Waals surface area contributed by atoms with Gasteiger partial charge in [-0.25, -0.2) is 13.1 Å². The van der Waals surface area contributed by atoms with Crippen LogP contribution in [-0.2, 0) is 16.4 Å². The SMILES string of the molecule is O=S(=O)(CCCc1ccccc1)NCC1[CH]C(O)CC1O. The van der Waals surface area contributed by atoms with E-state index in [1.807, 2.05) is 30.3 Å². The number of nitrogens with one attached hydrogen (secondary N) is 1. The Morgan fingerprint density at radius 2 is 1.90 bits per heavy atom. The predicted octanol–water partition coefficient (Wildman–Crippen LogP) is 0.485. The summed E-state index contributed by atoms with van der Waals surface area (Å²) in [7, 11) is -3.34. The van der Waals surface area contributed by atoms with E-state index in [0.717, 1.165) is 12.0 Å². The fourth-order valence-electron chi connectivity index (χ4n) is 2.52. The Bertz CT molecular complexity index is 532. The van der Waals surface area contributed by atoms with Crippen LogP contribution in [0, 0.1) is 12.3 Å². The Morgan fingerprint density at radius 3 is 2.52 bits per heavy atom. The molecule has 1 radical (unpaired) electrons. The van der Waals surface area contributed by atoms with Gasteiger partial charge in [-0.3, -0.25) is 0 Å². The number of hydrogen-bond acceptors (Lipinski definition) is 4. The smallest absolute Gasteiger partial charge is 0.211 e. The van der Waals surface area contributed by atoms with Gasteiger partial charge in [0.25, 0.3) is 0 Å². The summed E-state index contributed by atoms with van der Waals surface area (Å²) in [6.07, 6.45) is 1.83. The third-order valence-electron chi connectivity index (χ3n) is 3.71. The number of aliphatic hydroxyl groups excluding tert-OH is 2. The van der Waals surface area contributed by atoms with Gasteiger partial charge >= 0.3 is 0 Å². The maximum atomic E-state index is 11.9. The summed E-state index contributed by atoms with van der Waals surface area (Å²) in [6.45, 7) is 0.145. The quantitative estimate of drug-likeness (QED) is 0.684. The second-order valence-electron chi connectivity index (χ2n) is 5.48. The molecule has 5 nitrogen and oxygen atoms in total. The molecule has 1 fully saturated rings. The molecule has 0 aromatic heterocycles. The number of aryl methyl sites for hydroxylation is 1. The zero-order valence-corrected chi connectivity index (χ0v) is 12.7. The first kappa shape index (κ1) is 16.4. The summed E-state index contributed by atoms with van der Waals surface area (Å²) >= 11 is 0. The number of aliphatic hydroxyl groups is 2. The molecule has 0 spiro atoms. The zero-order chi connectivity index (χ0) is 15.3. The van der Waals surface area contributed by atoms with E-state index in [0.29, 0.717) is 6.42 Å². The number of benzene rings is 1. The van der Waals surface area contributed by atoms with Crippen molar-refractivity contribution >= 4 is 10.0 Å². The van der Waals surface area contributed by atoms with E-state index in [-0.39, 0.29) is 24.6 Å². The van der Waals surface area contributed by atoms with Crippen molar-refractivity contribution in [3.63, 3.8) is 0 Å². The van der Waals surface area contributed by atoms with E-state index in [1.165, 1.54) is 0 Å². The van der Waals surface area contributed by atoms with Crippen LogP contribution in [0.4, 0.5) is 0 Å². The summed E-state index contributed by atoms with van der Waals surface area (Å²) < 4.78 is 26.3. The van der Waals surface area contributed by atoms with Gasteiger partial charge in [0.2, 0.25) is 10.0 Å². The first-order valence-corrected chi connectivity index (χ1v) is 8.84. The van der Waals surface area contributed by atoms with Gasteiger partial charge in [-0.1, -0.05) is 30.3 Å². The minimum Gasteiger partial charge on any atom is -0.393 e. The molecular formula is C15H22NO4S. The van der Waals surface area contributed by atoms with Crippen molar-refractivity contribution < 1.29 is 18.6 Å². The zero-order valence-electron chi connectivity index (χ0n) is 11.9. The molecule has 1 aromatic rings. The highest BCUT2D eigenvalue weighted by Gasteiger charge is 2.32. The summed E-state index contributed by atoms with van der Waals surface area (Å²) in [5.41, 5.74) is 1.12. The van der Waals surface area contributed by atoms with Gasteiger partial charge in [-0.05, 0) is 31.2 Å². The number of sulfonamides is 1. The monoisotopic (exact) mass is 312 g/mol. The average molecular weight is 312 g/mol. The predicted molar refractivity (Wildman–Crippen MR) is 81.0 cm³/mol. The Balaban J connectivity index is 1.72. The molecule has 1 aromatic carbocycles. The maximum absolute atomic E-state index is 11.9. The Hall–Kier alpha value is -0.950. The van der Waals surface area contributed by atoms with Crippen molar-refractivity contribution in [2.75, 3.05) is 12.3 Å². The summed E-state index contributed by atoms with van der Waals surface area (Å²) in [5.74, 6) is -0.253. The van der Waals surface area contributed by atoms with Crippen LogP contribution in [0.15, 0.2) is 30.3 Å². The van der Waals surface area contributed by atoms with Gasteiger partial charge in [-0.2, -0.15) is 0 Å². The molecule has 1 aliphatic rings. The van der Waals surface area contributed by atoms with Gasteiger partial charge in [0.15, 0.2) is 0 Å². The van der Waals surface area contributed by atoms with Crippen molar-refractivity contribution in [2.45, 2.75) is 31.5 Å². The van der Waals surface area contributed by atoms with Crippen LogP contribution in [-0.4, -0.2) is 43.1 Å². The van der Waals surface area contributed by atoms with Crippen LogP contribution in [0.5, 0.6) is 0 Å². The van der Waals surface area contributed by atoms with Gasteiger partial charge in [0.1, 0.15) is 0 Å². The lowest BCUT2D eigenvalue weighted by Crippen LogP contribution is -2.34. The summed E-state index contributed by atoms with van der Waals surface area (Å²) in [6, 6.07) is 9.76. The van der Waals surface area contributed by atoms with Crippen molar-refractivity contribution in [3.05, 3.63) is 42.3 Å². The average Bonchev–Trinajstić information content (AvgIpc) is 2.76. The Kier molecular flexibility index (Phi) is 5.75. The fourth-order valence-corrected chi connectivity index (χ4v) is 3.64. The lowest BCUT2D eigenvalue weighted by atomic mass is 10.1. The molecule has 0 aliphatic heterocycles. The molecule has 0 heterocycles. The van der Waals surface area contributed by atoms with E-state index in [9.17, 15) is 18.6 Å². The van der Waals surface area contributed by atoms with Crippen LogP contribution in [0.25, 0.3) is 0 Å². The summed E-state index contributed by atoms with van der Waals surface area (Å²) in [4.78, 5) is 0. The van der Waals surface area contributed by atoms with Crippen LogP contribution in [0.3, 0.4) is 0 Å². The van der Waals surface area contributed by atoms with Crippen molar-refractivity contribution in [2.24, 2.45) is 5.92 Å². The van der Waals surface area contributed by atoms with Crippen molar-refractivity contribution in [1.29, 1.82) is 0 Å². The minimum atomic E-state index is -3.34. The van der Waals surface area contributed by atoms with Gasteiger partial charge in [0, 0.05) is 12.5 Å². The topological polar surface area (TPSA) is 86.6 Å². The minimum absolute atomic E-state index is 0.0628. The standard InChI is InChI=1S/C15H22NO4S/c17-14-9-13(15(18)10-14)11-16-21(19,20)8-4-7-12-5-2-1-3-6-12/h1-3,5-6,9,13-18H,4,7-8,10-11H2. The van der Waals surface area contributed by atoms with Crippen molar-refractivity contribution in [3.8, 4) is 0 Å². The van der Waals surface area contributed by atoms with Gasteiger partial charge < -0.3 is 10.2 Å². The molecule has 0 bridgehead atoms. The van der Waals surface area contributed by atoms with E-state index < -0.39 is 22.2 Å². The maximum Gasteiger partial charge on any atom is 0.211 e. The van der Waals surface area contributed by atoms with Crippen LogP contribution in [0.1, 0.15) is 18.4 Å². The molecule has 117 valence electrons. The molecule has 2 rings (SSSR count). The molecule has 3 unspecified atom stereocenters. The molecule has 3 N–H and O–H groups in total. The van der Waals surface area contributed by atoms with E-state index in [1.54, 1.807) is 6.42 Å². The molecule has 0 amide bonds. The second-order valence-corrected chi connectivity index (χ2v) is 7.41. The van der Waals surface area contributed by atoms with E-state index >= 15 is 0 Å². The first-order valence-electron chi connectivity index (χ1n) is 7.19. The molecule has 6 heteroatoms.